The summed E-state index contributed by atoms with van der Waals surface area (Å²) in [6.45, 7) is 7.30. The zero-order valence-corrected chi connectivity index (χ0v) is 11.2. The minimum Gasteiger partial charge on any atom is -0.343 e. The fourth-order valence-corrected chi connectivity index (χ4v) is 1.76. The highest BCUT2D eigenvalue weighted by Gasteiger charge is 2.21. The fourth-order valence-electron chi connectivity index (χ4n) is 1.76. The average Bonchev–Trinajstić information content (AvgIpc) is 2.60. The molecule has 0 spiro atoms. The molecule has 0 aliphatic rings. The maximum Gasteiger partial charge on any atom is 0.126 e. The molecule has 0 atom stereocenters. The van der Waals surface area contributed by atoms with E-state index in [-0.39, 0.29) is 5.54 Å². The van der Waals surface area contributed by atoms with Crippen molar-refractivity contribution in [3.63, 3.8) is 0 Å². The molecular formula is C13H20N4. The number of aromatic nitrogens is 3. The van der Waals surface area contributed by atoms with Crippen molar-refractivity contribution in [2.24, 2.45) is 0 Å². The van der Waals surface area contributed by atoms with E-state index in [0.29, 0.717) is 0 Å². The van der Waals surface area contributed by atoms with Crippen molar-refractivity contribution >= 4 is 11.0 Å². The van der Waals surface area contributed by atoms with Crippen molar-refractivity contribution in [2.45, 2.75) is 32.9 Å². The van der Waals surface area contributed by atoms with Crippen LogP contribution in [0.15, 0.2) is 18.5 Å². The molecule has 0 saturated carbocycles. The summed E-state index contributed by atoms with van der Waals surface area (Å²) in [5.41, 5.74) is 2.23. The van der Waals surface area contributed by atoms with Gasteiger partial charge in [0.1, 0.15) is 5.82 Å². The zero-order chi connectivity index (χ0) is 12.6. The highest BCUT2D eigenvalue weighted by atomic mass is 15.2. The Labute approximate surface area is 102 Å². The first kappa shape index (κ1) is 12.0. The highest BCUT2D eigenvalue weighted by Crippen LogP contribution is 2.18. The van der Waals surface area contributed by atoms with Crippen LogP contribution in [0.3, 0.4) is 0 Å². The van der Waals surface area contributed by atoms with Gasteiger partial charge in [0.25, 0.3) is 0 Å². The first-order valence-corrected chi connectivity index (χ1v) is 5.86. The molecular weight excluding hydrogens is 212 g/mol. The predicted octanol–water partition coefficient (Wildman–Crippen LogP) is 2.08. The summed E-state index contributed by atoms with van der Waals surface area (Å²) in [7, 11) is 4.21. The summed E-state index contributed by atoms with van der Waals surface area (Å²) >= 11 is 0. The van der Waals surface area contributed by atoms with E-state index in [1.165, 1.54) is 0 Å². The second-order valence-electron chi connectivity index (χ2n) is 5.34. The van der Waals surface area contributed by atoms with Crippen molar-refractivity contribution in [3.05, 3.63) is 24.3 Å². The molecule has 0 aliphatic heterocycles. The van der Waals surface area contributed by atoms with Crippen LogP contribution >= 0.6 is 0 Å². The van der Waals surface area contributed by atoms with Crippen LogP contribution in [0, 0.1) is 6.92 Å². The van der Waals surface area contributed by atoms with Gasteiger partial charge in [-0.05, 0) is 40.9 Å². The van der Waals surface area contributed by atoms with Gasteiger partial charge in [-0.15, -0.1) is 0 Å². The number of hydrogen-bond donors (Lipinski definition) is 0. The van der Waals surface area contributed by atoms with Crippen molar-refractivity contribution in [3.8, 4) is 0 Å². The number of fused-ring (bicyclic) bond motifs is 1. The third-order valence-electron chi connectivity index (χ3n) is 3.41. The van der Waals surface area contributed by atoms with E-state index in [9.17, 15) is 0 Å². The molecule has 2 aromatic heterocycles. The topological polar surface area (TPSA) is 34.0 Å². The van der Waals surface area contributed by atoms with Gasteiger partial charge in [0.05, 0.1) is 17.2 Å². The van der Waals surface area contributed by atoms with Gasteiger partial charge >= 0.3 is 0 Å². The van der Waals surface area contributed by atoms with Crippen LogP contribution in [0.1, 0.15) is 19.7 Å². The van der Waals surface area contributed by atoms with E-state index in [1.807, 2.05) is 13.1 Å². The van der Waals surface area contributed by atoms with Gasteiger partial charge in [0.15, 0.2) is 0 Å². The molecule has 0 unspecified atom stereocenters. The predicted molar refractivity (Wildman–Crippen MR) is 70.0 cm³/mol. The summed E-state index contributed by atoms with van der Waals surface area (Å²) in [4.78, 5) is 10.9. The summed E-state index contributed by atoms with van der Waals surface area (Å²) in [6.07, 6.45) is 3.99. The summed E-state index contributed by atoms with van der Waals surface area (Å²) < 4.78 is 2.22. The number of likely N-dealkylation sites (N-methyl/N-ethyl adjacent to an activating group) is 1. The van der Waals surface area contributed by atoms with Gasteiger partial charge in [-0.25, -0.2) is 9.97 Å². The SMILES string of the molecule is Cc1ncc2c(ccn2CC(C)(C)N(C)C)n1. The van der Waals surface area contributed by atoms with Crippen LogP contribution in [-0.4, -0.2) is 39.1 Å². The first-order valence-electron chi connectivity index (χ1n) is 5.86. The normalized spacial score (nSPS) is 12.6. The lowest BCUT2D eigenvalue weighted by atomic mass is 10.0. The number of nitrogens with zero attached hydrogens (tertiary/aromatic N) is 4. The molecule has 0 aliphatic carbocycles. The van der Waals surface area contributed by atoms with Gasteiger partial charge in [-0.3, -0.25) is 0 Å². The molecule has 0 saturated heterocycles. The zero-order valence-electron chi connectivity index (χ0n) is 11.2. The molecule has 4 heteroatoms. The molecule has 0 N–H and O–H groups in total. The Hall–Kier alpha value is -1.42. The molecule has 0 radical (unpaired) electrons. The smallest absolute Gasteiger partial charge is 0.126 e. The number of aryl methyl sites for hydroxylation is 1. The Morgan fingerprint density at radius 3 is 2.71 bits per heavy atom. The Morgan fingerprint density at radius 1 is 1.35 bits per heavy atom. The van der Waals surface area contributed by atoms with Crippen LogP contribution in [0.25, 0.3) is 11.0 Å². The molecule has 17 heavy (non-hydrogen) atoms. The van der Waals surface area contributed by atoms with E-state index in [2.05, 4.69) is 59.6 Å². The van der Waals surface area contributed by atoms with E-state index in [4.69, 9.17) is 0 Å². The Balaban J connectivity index is 2.37. The van der Waals surface area contributed by atoms with Crippen LogP contribution < -0.4 is 0 Å². The van der Waals surface area contributed by atoms with Crippen LogP contribution in [0.2, 0.25) is 0 Å². The van der Waals surface area contributed by atoms with E-state index in [1.54, 1.807) is 0 Å². The molecule has 2 heterocycles. The minimum absolute atomic E-state index is 0.108. The third kappa shape index (κ3) is 2.31. The van der Waals surface area contributed by atoms with Gasteiger partial charge in [-0.1, -0.05) is 0 Å². The van der Waals surface area contributed by atoms with Gasteiger partial charge in [0, 0.05) is 18.3 Å². The summed E-state index contributed by atoms with van der Waals surface area (Å²) in [6, 6.07) is 2.05. The lowest BCUT2D eigenvalue weighted by molar-refractivity contribution is 0.171. The van der Waals surface area contributed by atoms with Gasteiger partial charge < -0.3 is 9.47 Å². The van der Waals surface area contributed by atoms with E-state index in [0.717, 1.165) is 23.4 Å². The van der Waals surface area contributed by atoms with Crippen LogP contribution in [-0.2, 0) is 6.54 Å². The summed E-state index contributed by atoms with van der Waals surface area (Å²) in [5, 5.41) is 0. The second kappa shape index (κ2) is 4.11. The average molecular weight is 232 g/mol. The number of hydrogen-bond acceptors (Lipinski definition) is 3. The maximum absolute atomic E-state index is 4.43. The molecule has 0 fully saturated rings. The van der Waals surface area contributed by atoms with Gasteiger partial charge in [-0.2, -0.15) is 0 Å². The molecule has 4 nitrogen and oxygen atoms in total. The molecule has 2 rings (SSSR count). The lowest BCUT2D eigenvalue weighted by Gasteiger charge is -2.33. The standard InChI is InChI=1S/C13H20N4/c1-10-14-8-12-11(15-10)6-7-17(12)9-13(2,3)16(4)5/h6-8H,9H2,1-5H3. The second-order valence-corrected chi connectivity index (χ2v) is 5.34. The summed E-state index contributed by atoms with van der Waals surface area (Å²) in [5.74, 6) is 0.821. The molecule has 0 aromatic carbocycles. The van der Waals surface area contributed by atoms with Crippen LogP contribution in [0.5, 0.6) is 0 Å². The van der Waals surface area contributed by atoms with E-state index >= 15 is 0 Å². The van der Waals surface area contributed by atoms with Crippen molar-refractivity contribution in [1.29, 1.82) is 0 Å². The molecule has 0 bridgehead atoms. The van der Waals surface area contributed by atoms with Crippen molar-refractivity contribution in [2.75, 3.05) is 14.1 Å². The lowest BCUT2D eigenvalue weighted by Crippen LogP contribution is -2.41. The molecule has 92 valence electrons. The Kier molecular flexibility index (Phi) is 2.91. The fraction of sp³-hybridized carbons (Fsp3) is 0.538. The van der Waals surface area contributed by atoms with Crippen LogP contribution in [0.4, 0.5) is 0 Å². The number of rotatable bonds is 3. The Morgan fingerprint density at radius 2 is 2.06 bits per heavy atom. The Bertz CT molecular complexity index is 525. The minimum atomic E-state index is 0.108. The molecule has 0 amide bonds. The third-order valence-corrected chi connectivity index (χ3v) is 3.41. The quantitative estimate of drug-likeness (QED) is 0.812. The monoisotopic (exact) mass is 232 g/mol. The first-order chi connectivity index (χ1) is 7.90. The van der Waals surface area contributed by atoms with Gasteiger partial charge in [0.2, 0.25) is 0 Å². The maximum atomic E-state index is 4.43. The highest BCUT2D eigenvalue weighted by molar-refractivity contribution is 5.74. The largest absolute Gasteiger partial charge is 0.343 e. The molecule has 2 aromatic rings. The van der Waals surface area contributed by atoms with E-state index < -0.39 is 0 Å². The van der Waals surface area contributed by atoms with Crippen molar-refractivity contribution < 1.29 is 0 Å². The van der Waals surface area contributed by atoms with Crippen molar-refractivity contribution in [1.82, 2.24) is 19.4 Å².